The summed E-state index contributed by atoms with van der Waals surface area (Å²) in [6, 6.07) is 5.01. The van der Waals surface area contributed by atoms with Crippen LogP contribution in [-0.2, 0) is 14.3 Å². The molecule has 0 bridgehead atoms. The minimum absolute atomic E-state index is 0.00630. The first-order valence-corrected chi connectivity index (χ1v) is 7.81. The molecule has 0 fully saturated rings. The van der Waals surface area contributed by atoms with Gasteiger partial charge in [-0.3, -0.25) is 9.59 Å². The van der Waals surface area contributed by atoms with Gasteiger partial charge in [0.05, 0.1) is 28.8 Å². The second-order valence-corrected chi connectivity index (χ2v) is 5.52. The van der Waals surface area contributed by atoms with Crippen molar-refractivity contribution in [2.24, 2.45) is 0 Å². The molecule has 1 aromatic rings. The Kier molecular flexibility index (Phi) is 8.16. The highest BCUT2D eigenvalue weighted by Crippen LogP contribution is 2.29. The quantitative estimate of drug-likeness (QED) is 0.598. The Morgan fingerprint density at radius 3 is 2.68 bits per heavy atom. The van der Waals surface area contributed by atoms with E-state index in [0.717, 1.165) is 6.42 Å². The number of nitrogens with one attached hydrogen (secondary N) is 2. The van der Waals surface area contributed by atoms with Crippen LogP contribution in [0.4, 0.5) is 5.69 Å². The molecule has 8 heteroatoms. The van der Waals surface area contributed by atoms with E-state index >= 15 is 0 Å². The van der Waals surface area contributed by atoms with Crippen LogP contribution in [0.5, 0.6) is 0 Å². The van der Waals surface area contributed by atoms with Crippen molar-refractivity contribution in [2.45, 2.75) is 26.2 Å². The molecule has 0 saturated heterocycles. The zero-order valence-corrected chi connectivity index (χ0v) is 14.3. The van der Waals surface area contributed by atoms with Gasteiger partial charge in [0.1, 0.15) is 0 Å². The predicted molar refractivity (Wildman–Crippen MR) is 91.3 cm³/mol. The SMILES string of the molecule is CCCOC(=O)CCC(=O)NC(=S)Nc1cccc(Cl)c1Cl. The fourth-order valence-electron chi connectivity index (χ4n) is 1.45. The van der Waals surface area contributed by atoms with Crippen LogP contribution in [-0.4, -0.2) is 23.6 Å². The molecule has 0 radical (unpaired) electrons. The van der Waals surface area contributed by atoms with E-state index in [1.165, 1.54) is 0 Å². The molecule has 1 aromatic carbocycles. The Labute approximate surface area is 144 Å². The number of halogens is 2. The van der Waals surface area contributed by atoms with Gasteiger partial charge in [0.15, 0.2) is 5.11 Å². The Morgan fingerprint density at radius 2 is 2.00 bits per heavy atom. The predicted octanol–water partition coefficient (Wildman–Crippen LogP) is 3.54. The second kappa shape index (κ2) is 9.61. The van der Waals surface area contributed by atoms with Crippen LogP contribution < -0.4 is 10.6 Å². The molecule has 0 heterocycles. The standard InChI is InChI=1S/C14H16Cl2N2O3S/c1-2-8-21-12(20)7-6-11(19)18-14(22)17-10-5-3-4-9(15)13(10)16/h3-5H,2,6-8H2,1H3,(H2,17,18,19,22). The van der Waals surface area contributed by atoms with Gasteiger partial charge in [-0.15, -0.1) is 0 Å². The molecule has 2 N–H and O–H groups in total. The first kappa shape index (κ1) is 18.7. The summed E-state index contributed by atoms with van der Waals surface area (Å²) >= 11 is 16.9. The highest BCUT2D eigenvalue weighted by atomic mass is 35.5. The molecule has 22 heavy (non-hydrogen) atoms. The topological polar surface area (TPSA) is 67.4 Å². The molecule has 0 spiro atoms. The number of hydrogen-bond acceptors (Lipinski definition) is 4. The molecule has 120 valence electrons. The number of benzene rings is 1. The molecule has 1 rings (SSSR count). The van der Waals surface area contributed by atoms with Gasteiger partial charge in [0.25, 0.3) is 0 Å². The van der Waals surface area contributed by atoms with Crippen molar-refractivity contribution < 1.29 is 14.3 Å². The lowest BCUT2D eigenvalue weighted by molar-refractivity contribution is -0.144. The van der Waals surface area contributed by atoms with Gasteiger partial charge in [0, 0.05) is 6.42 Å². The summed E-state index contributed by atoms with van der Waals surface area (Å²) in [6.45, 7) is 2.25. The lowest BCUT2D eigenvalue weighted by atomic mass is 10.3. The van der Waals surface area contributed by atoms with Crippen molar-refractivity contribution >= 4 is 58.1 Å². The second-order valence-electron chi connectivity index (χ2n) is 4.32. The molecule has 5 nitrogen and oxygen atoms in total. The number of rotatable bonds is 6. The van der Waals surface area contributed by atoms with Crippen LogP contribution >= 0.6 is 35.4 Å². The van der Waals surface area contributed by atoms with Crippen molar-refractivity contribution in [3.05, 3.63) is 28.2 Å². The summed E-state index contributed by atoms with van der Waals surface area (Å²) in [5.74, 6) is -0.794. The van der Waals surface area contributed by atoms with E-state index in [1.54, 1.807) is 18.2 Å². The average molecular weight is 363 g/mol. The van der Waals surface area contributed by atoms with E-state index in [9.17, 15) is 9.59 Å². The maximum atomic E-state index is 11.7. The summed E-state index contributed by atoms with van der Waals surface area (Å²) in [4.78, 5) is 23.0. The average Bonchev–Trinajstić information content (AvgIpc) is 2.47. The van der Waals surface area contributed by atoms with Gasteiger partial charge in [0.2, 0.25) is 5.91 Å². The Bertz CT molecular complexity index is 567. The molecule has 0 aliphatic heterocycles. The van der Waals surface area contributed by atoms with Gasteiger partial charge in [-0.25, -0.2) is 0 Å². The van der Waals surface area contributed by atoms with Crippen LogP contribution in [0.2, 0.25) is 10.0 Å². The largest absolute Gasteiger partial charge is 0.466 e. The van der Waals surface area contributed by atoms with E-state index in [4.69, 9.17) is 40.2 Å². The van der Waals surface area contributed by atoms with Crippen molar-refractivity contribution in [3.8, 4) is 0 Å². The molecule has 0 aliphatic carbocycles. The molecule has 0 atom stereocenters. The zero-order valence-electron chi connectivity index (χ0n) is 11.9. The molecular formula is C14H16Cl2N2O3S. The Balaban J connectivity index is 2.40. The molecule has 0 aromatic heterocycles. The molecular weight excluding hydrogens is 347 g/mol. The summed E-state index contributed by atoms with van der Waals surface area (Å²) < 4.78 is 4.87. The smallest absolute Gasteiger partial charge is 0.306 e. The number of thiocarbonyl (C=S) groups is 1. The van der Waals surface area contributed by atoms with E-state index < -0.39 is 5.97 Å². The summed E-state index contributed by atoms with van der Waals surface area (Å²) in [6.07, 6.45) is 0.742. The lowest BCUT2D eigenvalue weighted by Crippen LogP contribution is -2.34. The maximum absolute atomic E-state index is 11.7. The molecule has 0 saturated carbocycles. The van der Waals surface area contributed by atoms with Gasteiger partial charge >= 0.3 is 5.97 Å². The first-order valence-electron chi connectivity index (χ1n) is 6.64. The van der Waals surface area contributed by atoms with E-state index in [0.29, 0.717) is 22.3 Å². The normalized spacial score (nSPS) is 9.95. The van der Waals surface area contributed by atoms with Crippen LogP contribution in [0.25, 0.3) is 0 Å². The monoisotopic (exact) mass is 362 g/mol. The summed E-state index contributed by atoms with van der Waals surface area (Å²) in [5, 5.41) is 5.99. The number of carbonyl (C=O) groups excluding carboxylic acids is 2. The highest BCUT2D eigenvalue weighted by molar-refractivity contribution is 7.80. The number of ether oxygens (including phenoxy) is 1. The number of amides is 1. The van der Waals surface area contributed by atoms with Crippen LogP contribution in [0.3, 0.4) is 0 Å². The fourth-order valence-corrected chi connectivity index (χ4v) is 2.02. The third-order valence-corrected chi connectivity index (χ3v) is 3.50. The van der Waals surface area contributed by atoms with Gasteiger partial charge in [-0.05, 0) is 30.8 Å². The van der Waals surface area contributed by atoms with Crippen molar-refractivity contribution in [1.82, 2.24) is 5.32 Å². The molecule has 1 amide bonds. The number of esters is 1. The van der Waals surface area contributed by atoms with Gasteiger partial charge < -0.3 is 15.4 Å². The molecule has 0 unspecified atom stereocenters. The minimum Gasteiger partial charge on any atom is -0.466 e. The maximum Gasteiger partial charge on any atom is 0.306 e. The third kappa shape index (κ3) is 6.60. The van der Waals surface area contributed by atoms with Gasteiger partial charge in [-0.2, -0.15) is 0 Å². The van der Waals surface area contributed by atoms with Crippen LogP contribution in [0, 0.1) is 0 Å². The van der Waals surface area contributed by atoms with Gasteiger partial charge in [-0.1, -0.05) is 36.2 Å². The van der Waals surface area contributed by atoms with Crippen molar-refractivity contribution in [2.75, 3.05) is 11.9 Å². The van der Waals surface area contributed by atoms with E-state index in [-0.39, 0.29) is 23.9 Å². The first-order chi connectivity index (χ1) is 10.4. The summed E-state index contributed by atoms with van der Waals surface area (Å²) in [5.41, 5.74) is 0.488. The van der Waals surface area contributed by atoms with E-state index in [1.807, 2.05) is 6.92 Å². The lowest BCUT2D eigenvalue weighted by Gasteiger charge is -2.11. The van der Waals surface area contributed by atoms with Crippen LogP contribution in [0.1, 0.15) is 26.2 Å². The Morgan fingerprint density at radius 1 is 1.27 bits per heavy atom. The third-order valence-electron chi connectivity index (χ3n) is 2.48. The number of anilines is 1. The summed E-state index contributed by atoms with van der Waals surface area (Å²) in [7, 11) is 0. The number of hydrogen-bond donors (Lipinski definition) is 2. The Hall–Kier alpha value is -1.37. The fraction of sp³-hybridized carbons (Fsp3) is 0.357. The zero-order chi connectivity index (χ0) is 16.5. The van der Waals surface area contributed by atoms with E-state index in [2.05, 4.69) is 10.6 Å². The van der Waals surface area contributed by atoms with Crippen molar-refractivity contribution in [3.63, 3.8) is 0 Å². The number of carbonyl (C=O) groups is 2. The van der Waals surface area contributed by atoms with Crippen LogP contribution in [0.15, 0.2) is 18.2 Å². The molecule has 0 aliphatic rings. The minimum atomic E-state index is -0.409. The van der Waals surface area contributed by atoms with Crippen molar-refractivity contribution in [1.29, 1.82) is 0 Å². The highest BCUT2D eigenvalue weighted by Gasteiger charge is 2.11.